The summed E-state index contributed by atoms with van der Waals surface area (Å²) in [6, 6.07) is 14.9. The number of nitrogens with one attached hydrogen (secondary N) is 1. The van der Waals surface area contributed by atoms with E-state index in [2.05, 4.69) is 5.32 Å². The topological polar surface area (TPSA) is 47.6 Å². The van der Waals surface area contributed by atoms with Crippen molar-refractivity contribution >= 4 is 29.3 Å². The SMILES string of the molecule is COc1ccc(OCC(=O)NCCSCc2cccc(Cl)c2)cc1. The molecule has 0 atom stereocenters. The fourth-order valence-corrected chi connectivity index (χ4v) is 2.97. The second-order valence-electron chi connectivity index (χ2n) is 5.00. The number of thioether (sulfide) groups is 1. The maximum absolute atomic E-state index is 11.7. The molecule has 2 aromatic carbocycles. The second-order valence-corrected chi connectivity index (χ2v) is 6.54. The van der Waals surface area contributed by atoms with Crippen LogP contribution in [-0.4, -0.2) is 31.9 Å². The van der Waals surface area contributed by atoms with E-state index in [0.717, 1.165) is 22.3 Å². The highest BCUT2D eigenvalue weighted by Crippen LogP contribution is 2.17. The standard InChI is InChI=1S/C18H20ClNO3S/c1-22-16-5-7-17(8-6-16)23-12-18(21)20-9-10-24-13-14-3-2-4-15(19)11-14/h2-8,11H,9-10,12-13H2,1H3,(H,20,21). The number of amides is 1. The van der Waals surface area contributed by atoms with Crippen LogP contribution in [0.2, 0.25) is 5.02 Å². The van der Waals surface area contributed by atoms with Crippen LogP contribution in [0.1, 0.15) is 5.56 Å². The quantitative estimate of drug-likeness (QED) is 0.687. The monoisotopic (exact) mass is 365 g/mol. The molecule has 0 saturated carbocycles. The van der Waals surface area contributed by atoms with Gasteiger partial charge in [-0.2, -0.15) is 11.8 Å². The first-order chi connectivity index (χ1) is 11.7. The molecule has 6 heteroatoms. The molecular weight excluding hydrogens is 346 g/mol. The molecule has 0 heterocycles. The number of benzene rings is 2. The third-order valence-corrected chi connectivity index (χ3v) is 4.42. The van der Waals surface area contributed by atoms with Crippen molar-refractivity contribution in [2.45, 2.75) is 5.75 Å². The number of hydrogen-bond donors (Lipinski definition) is 1. The van der Waals surface area contributed by atoms with Gasteiger partial charge in [-0.3, -0.25) is 4.79 Å². The molecule has 0 aromatic heterocycles. The third-order valence-electron chi connectivity index (χ3n) is 3.16. The summed E-state index contributed by atoms with van der Waals surface area (Å²) in [7, 11) is 1.60. The maximum atomic E-state index is 11.7. The van der Waals surface area contributed by atoms with E-state index in [-0.39, 0.29) is 12.5 Å². The van der Waals surface area contributed by atoms with E-state index in [9.17, 15) is 4.79 Å². The summed E-state index contributed by atoms with van der Waals surface area (Å²) < 4.78 is 10.5. The number of ether oxygens (including phenoxy) is 2. The summed E-state index contributed by atoms with van der Waals surface area (Å²) in [5.74, 6) is 2.97. The van der Waals surface area contributed by atoms with E-state index >= 15 is 0 Å². The highest BCUT2D eigenvalue weighted by Gasteiger charge is 2.03. The summed E-state index contributed by atoms with van der Waals surface area (Å²) in [6.07, 6.45) is 0. The largest absolute Gasteiger partial charge is 0.497 e. The molecule has 0 fully saturated rings. The zero-order chi connectivity index (χ0) is 17.2. The molecule has 0 aliphatic heterocycles. The molecule has 0 unspecified atom stereocenters. The van der Waals surface area contributed by atoms with Crippen LogP contribution in [-0.2, 0) is 10.5 Å². The zero-order valence-corrected chi connectivity index (χ0v) is 15.0. The van der Waals surface area contributed by atoms with Crippen LogP contribution in [0.15, 0.2) is 48.5 Å². The summed E-state index contributed by atoms with van der Waals surface area (Å²) in [5, 5.41) is 3.58. The minimum atomic E-state index is -0.130. The van der Waals surface area contributed by atoms with Gasteiger partial charge in [0.25, 0.3) is 5.91 Å². The third kappa shape index (κ3) is 6.72. The lowest BCUT2D eigenvalue weighted by molar-refractivity contribution is -0.122. The van der Waals surface area contributed by atoms with Crippen LogP contribution in [0.3, 0.4) is 0 Å². The fraction of sp³-hybridized carbons (Fsp3) is 0.278. The van der Waals surface area contributed by atoms with Crippen LogP contribution in [0.4, 0.5) is 0 Å². The number of rotatable bonds is 9. The van der Waals surface area contributed by atoms with Crippen molar-refractivity contribution in [3.8, 4) is 11.5 Å². The van der Waals surface area contributed by atoms with Crippen molar-refractivity contribution in [2.24, 2.45) is 0 Å². The Morgan fingerprint density at radius 3 is 2.62 bits per heavy atom. The van der Waals surface area contributed by atoms with Gasteiger partial charge in [0.2, 0.25) is 0 Å². The van der Waals surface area contributed by atoms with Crippen LogP contribution in [0.25, 0.3) is 0 Å². The average molecular weight is 366 g/mol. The van der Waals surface area contributed by atoms with E-state index in [1.807, 2.05) is 24.3 Å². The lowest BCUT2D eigenvalue weighted by Gasteiger charge is -2.08. The molecule has 2 aromatic rings. The highest BCUT2D eigenvalue weighted by atomic mass is 35.5. The Labute approximate surface area is 151 Å². The van der Waals surface area contributed by atoms with Crippen molar-refractivity contribution in [1.29, 1.82) is 0 Å². The average Bonchev–Trinajstić information content (AvgIpc) is 2.60. The summed E-state index contributed by atoms with van der Waals surface area (Å²) >= 11 is 7.69. The first-order valence-electron chi connectivity index (χ1n) is 7.53. The molecule has 0 aliphatic carbocycles. The molecule has 24 heavy (non-hydrogen) atoms. The predicted molar refractivity (Wildman–Crippen MR) is 99.1 cm³/mol. The summed E-state index contributed by atoms with van der Waals surface area (Å²) in [6.45, 7) is 0.612. The normalized spacial score (nSPS) is 10.2. The van der Waals surface area contributed by atoms with Gasteiger partial charge in [-0.05, 0) is 42.0 Å². The van der Waals surface area contributed by atoms with Crippen molar-refractivity contribution < 1.29 is 14.3 Å². The van der Waals surface area contributed by atoms with Crippen molar-refractivity contribution in [3.63, 3.8) is 0 Å². The summed E-state index contributed by atoms with van der Waals surface area (Å²) in [4.78, 5) is 11.7. The molecule has 0 spiro atoms. The number of carbonyl (C=O) groups is 1. The van der Waals surface area contributed by atoms with Gasteiger partial charge in [0.15, 0.2) is 6.61 Å². The van der Waals surface area contributed by atoms with Crippen molar-refractivity contribution in [1.82, 2.24) is 5.32 Å². The van der Waals surface area contributed by atoms with E-state index in [1.165, 1.54) is 5.56 Å². The highest BCUT2D eigenvalue weighted by molar-refractivity contribution is 7.98. The van der Waals surface area contributed by atoms with Gasteiger partial charge in [0, 0.05) is 23.1 Å². The van der Waals surface area contributed by atoms with E-state index in [0.29, 0.717) is 12.3 Å². The molecule has 0 aliphatic rings. The molecule has 0 radical (unpaired) electrons. The van der Waals surface area contributed by atoms with E-state index in [4.69, 9.17) is 21.1 Å². The van der Waals surface area contributed by atoms with Crippen molar-refractivity contribution in [2.75, 3.05) is 26.0 Å². The number of methoxy groups -OCH3 is 1. The van der Waals surface area contributed by atoms with E-state index in [1.54, 1.807) is 43.1 Å². The molecule has 0 saturated heterocycles. The lowest BCUT2D eigenvalue weighted by Crippen LogP contribution is -2.30. The predicted octanol–water partition coefficient (Wildman–Crippen LogP) is 3.78. The minimum Gasteiger partial charge on any atom is -0.497 e. The van der Waals surface area contributed by atoms with Gasteiger partial charge in [-0.25, -0.2) is 0 Å². The van der Waals surface area contributed by atoms with Gasteiger partial charge in [0.05, 0.1) is 7.11 Å². The van der Waals surface area contributed by atoms with Crippen LogP contribution >= 0.6 is 23.4 Å². The van der Waals surface area contributed by atoms with Crippen molar-refractivity contribution in [3.05, 3.63) is 59.1 Å². The summed E-state index contributed by atoms with van der Waals surface area (Å²) in [5.41, 5.74) is 1.18. The minimum absolute atomic E-state index is 0.00525. The van der Waals surface area contributed by atoms with E-state index < -0.39 is 0 Å². The maximum Gasteiger partial charge on any atom is 0.257 e. The van der Waals surface area contributed by atoms with Gasteiger partial charge in [-0.15, -0.1) is 0 Å². The smallest absolute Gasteiger partial charge is 0.257 e. The zero-order valence-electron chi connectivity index (χ0n) is 13.5. The van der Waals surface area contributed by atoms with Gasteiger partial charge >= 0.3 is 0 Å². The van der Waals surface area contributed by atoms with Gasteiger partial charge < -0.3 is 14.8 Å². The molecule has 1 amide bonds. The van der Waals surface area contributed by atoms with Gasteiger partial charge in [0.1, 0.15) is 11.5 Å². The number of halogens is 1. The first kappa shape index (κ1) is 18.5. The van der Waals surface area contributed by atoms with Crippen LogP contribution in [0.5, 0.6) is 11.5 Å². The molecule has 128 valence electrons. The van der Waals surface area contributed by atoms with Crippen LogP contribution in [0, 0.1) is 0 Å². The second kappa shape index (κ2) is 10.1. The molecule has 2 rings (SSSR count). The van der Waals surface area contributed by atoms with Crippen LogP contribution < -0.4 is 14.8 Å². The first-order valence-corrected chi connectivity index (χ1v) is 9.06. The molecule has 4 nitrogen and oxygen atoms in total. The Morgan fingerprint density at radius 2 is 1.92 bits per heavy atom. The fourth-order valence-electron chi connectivity index (χ4n) is 1.95. The number of carbonyl (C=O) groups excluding carboxylic acids is 1. The Bertz CT molecular complexity index is 649. The Balaban J connectivity index is 1.57. The Hall–Kier alpha value is -1.85. The molecule has 1 N–H and O–H groups in total. The molecule has 0 bridgehead atoms. The molecular formula is C18H20ClNO3S. The lowest BCUT2D eigenvalue weighted by atomic mass is 10.2. The number of hydrogen-bond acceptors (Lipinski definition) is 4. The Morgan fingerprint density at radius 1 is 1.17 bits per heavy atom. The van der Waals surface area contributed by atoms with Gasteiger partial charge in [-0.1, -0.05) is 23.7 Å². The Kier molecular flexibility index (Phi) is 7.79.